The lowest BCUT2D eigenvalue weighted by Gasteiger charge is -2.27. The molecule has 2 rings (SSSR count). The third-order valence-electron chi connectivity index (χ3n) is 4.61. The zero-order chi connectivity index (χ0) is 14.0. The Labute approximate surface area is 115 Å². The minimum Gasteiger partial charge on any atom is -0.469 e. The summed E-state index contributed by atoms with van der Waals surface area (Å²) < 4.78 is 4.98. The highest BCUT2D eigenvalue weighted by Gasteiger charge is 2.48. The number of rotatable bonds is 3. The summed E-state index contributed by atoms with van der Waals surface area (Å²) in [7, 11) is 1.48. The molecule has 0 bridgehead atoms. The van der Waals surface area contributed by atoms with Gasteiger partial charge in [0, 0.05) is 19.1 Å². The van der Waals surface area contributed by atoms with E-state index in [-0.39, 0.29) is 5.97 Å². The molecule has 0 aromatic heterocycles. The number of hydrogen-bond donors (Lipinski definition) is 0. The first kappa shape index (κ1) is 14.1. The van der Waals surface area contributed by atoms with Crippen molar-refractivity contribution >= 4 is 5.97 Å². The first-order valence-corrected chi connectivity index (χ1v) is 6.86. The monoisotopic (exact) mass is 261 g/mol. The quantitative estimate of drug-likeness (QED) is 0.784. The third-order valence-corrected chi connectivity index (χ3v) is 4.61. The van der Waals surface area contributed by atoms with E-state index in [9.17, 15) is 4.79 Å². The van der Waals surface area contributed by atoms with E-state index < -0.39 is 5.41 Å². The highest BCUT2D eigenvalue weighted by molar-refractivity contribution is 5.77. The highest BCUT2D eigenvalue weighted by Crippen LogP contribution is 2.40. The molecule has 3 heteroatoms. The maximum Gasteiger partial charge on any atom is 0.313 e. The van der Waals surface area contributed by atoms with Crippen LogP contribution in [-0.4, -0.2) is 31.1 Å². The predicted octanol–water partition coefficient (Wildman–Crippen LogP) is 2.88. The average molecular weight is 261 g/mol. The van der Waals surface area contributed by atoms with Crippen LogP contribution < -0.4 is 0 Å². The Morgan fingerprint density at radius 3 is 2.63 bits per heavy atom. The number of benzene rings is 1. The largest absolute Gasteiger partial charge is 0.469 e. The molecule has 3 atom stereocenters. The molecule has 1 aliphatic rings. The second-order valence-electron chi connectivity index (χ2n) is 5.83. The number of carbonyl (C=O) groups excluding carboxylic acids is 1. The van der Waals surface area contributed by atoms with Crippen LogP contribution in [0, 0.1) is 11.3 Å². The molecular weight excluding hydrogens is 238 g/mol. The number of likely N-dealkylation sites (tertiary alicyclic amines) is 1. The molecule has 1 heterocycles. The lowest BCUT2D eigenvalue weighted by Crippen LogP contribution is -2.36. The van der Waals surface area contributed by atoms with Crippen molar-refractivity contribution in [3.63, 3.8) is 0 Å². The Morgan fingerprint density at radius 1 is 1.42 bits per heavy atom. The summed E-state index contributed by atoms with van der Waals surface area (Å²) in [4.78, 5) is 14.4. The fourth-order valence-corrected chi connectivity index (χ4v) is 2.93. The molecule has 0 spiro atoms. The molecule has 1 aromatic carbocycles. The van der Waals surface area contributed by atoms with Crippen LogP contribution in [0.5, 0.6) is 0 Å². The van der Waals surface area contributed by atoms with Crippen molar-refractivity contribution in [2.75, 3.05) is 20.2 Å². The molecule has 3 nitrogen and oxygen atoms in total. The van der Waals surface area contributed by atoms with Crippen molar-refractivity contribution in [2.24, 2.45) is 11.3 Å². The molecule has 1 saturated heterocycles. The normalized spacial score (nSPS) is 29.2. The lowest BCUT2D eigenvalue weighted by atomic mass is 9.81. The van der Waals surface area contributed by atoms with Crippen molar-refractivity contribution in [1.82, 2.24) is 4.90 Å². The smallest absolute Gasteiger partial charge is 0.313 e. The molecule has 0 amide bonds. The van der Waals surface area contributed by atoms with Crippen LogP contribution in [0.4, 0.5) is 0 Å². The van der Waals surface area contributed by atoms with Gasteiger partial charge in [-0.1, -0.05) is 37.3 Å². The van der Waals surface area contributed by atoms with E-state index in [1.807, 2.05) is 13.0 Å². The SMILES string of the molecule is COC(=O)[C@]1(C)CN([C@H](C)c2ccccc2)C[C@H]1C. The third kappa shape index (κ3) is 2.52. The van der Waals surface area contributed by atoms with E-state index in [0.717, 1.165) is 13.1 Å². The summed E-state index contributed by atoms with van der Waals surface area (Å²) in [6, 6.07) is 10.8. The average Bonchev–Trinajstić information content (AvgIpc) is 2.75. The standard InChI is InChI=1S/C16H23NO2/c1-12-10-17(11-16(12,3)15(18)19-4)13(2)14-8-6-5-7-9-14/h5-9,12-13H,10-11H2,1-4H3/t12-,13-,16-/m1/s1. The van der Waals surface area contributed by atoms with Gasteiger partial charge in [-0.3, -0.25) is 9.69 Å². The summed E-state index contributed by atoms with van der Waals surface area (Å²) in [6.45, 7) is 8.04. The molecular formula is C16H23NO2. The van der Waals surface area contributed by atoms with Gasteiger partial charge < -0.3 is 4.74 Å². The van der Waals surface area contributed by atoms with Gasteiger partial charge in [-0.2, -0.15) is 0 Å². The summed E-state index contributed by atoms with van der Waals surface area (Å²) >= 11 is 0. The first-order valence-electron chi connectivity index (χ1n) is 6.86. The second kappa shape index (κ2) is 5.33. The topological polar surface area (TPSA) is 29.5 Å². The van der Waals surface area contributed by atoms with Gasteiger partial charge in [0.2, 0.25) is 0 Å². The van der Waals surface area contributed by atoms with Gasteiger partial charge in [-0.15, -0.1) is 0 Å². The second-order valence-corrected chi connectivity index (χ2v) is 5.83. The number of ether oxygens (including phenoxy) is 1. The first-order chi connectivity index (χ1) is 8.99. The Bertz CT molecular complexity index is 445. The van der Waals surface area contributed by atoms with Crippen LogP contribution in [0.25, 0.3) is 0 Å². The van der Waals surface area contributed by atoms with Crippen molar-refractivity contribution in [1.29, 1.82) is 0 Å². The maximum atomic E-state index is 12.0. The summed E-state index contributed by atoms with van der Waals surface area (Å²) in [5.41, 5.74) is 0.904. The van der Waals surface area contributed by atoms with E-state index in [1.165, 1.54) is 12.7 Å². The van der Waals surface area contributed by atoms with E-state index in [2.05, 4.69) is 43.0 Å². The van der Waals surface area contributed by atoms with Crippen molar-refractivity contribution in [2.45, 2.75) is 26.8 Å². The van der Waals surface area contributed by atoms with Crippen LogP contribution in [0.1, 0.15) is 32.4 Å². The summed E-state index contributed by atoms with van der Waals surface area (Å²) in [6.07, 6.45) is 0. The van der Waals surface area contributed by atoms with E-state index in [1.54, 1.807) is 0 Å². The molecule has 1 aliphatic heterocycles. The molecule has 19 heavy (non-hydrogen) atoms. The van der Waals surface area contributed by atoms with Gasteiger partial charge in [0.25, 0.3) is 0 Å². The Morgan fingerprint density at radius 2 is 2.05 bits per heavy atom. The van der Waals surface area contributed by atoms with Gasteiger partial charge in [-0.25, -0.2) is 0 Å². The fraction of sp³-hybridized carbons (Fsp3) is 0.562. The highest BCUT2D eigenvalue weighted by atomic mass is 16.5. The number of nitrogens with zero attached hydrogens (tertiary/aromatic N) is 1. The van der Waals surface area contributed by atoms with E-state index in [4.69, 9.17) is 4.74 Å². The van der Waals surface area contributed by atoms with Crippen LogP contribution >= 0.6 is 0 Å². The minimum atomic E-state index is -0.391. The van der Waals surface area contributed by atoms with Crippen LogP contribution in [-0.2, 0) is 9.53 Å². The molecule has 104 valence electrons. The molecule has 0 aliphatic carbocycles. The van der Waals surface area contributed by atoms with Gasteiger partial charge in [0.1, 0.15) is 0 Å². The van der Waals surface area contributed by atoms with Crippen LogP contribution in [0.3, 0.4) is 0 Å². The Hall–Kier alpha value is -1.35. The Balaban J connectivity index is 2.15. The number of methoxy groups -OCH3 is 1. The molecule has 0 saturated carbocycles. The van der Waals surface area contributed by atoms with Gasteiger partial charge >= 0.3 is 5.97 Å². The number of hydrogen-bond acceptors (Lipinski definition) is 3. The van der Waals surface area contributed by atoms with E-state index >= 15 is 0 Å². The number of carbonyl (C=O) groups is 1. The van der Waals surface area contributed by atoms with Crippen LogP contribution in [0.2, 0.25) is 0 Å². The van der Waals surface area contributed by atoms with Gasteiger partial charge in [0.05, 0.1) is 12.5 Å². The van der Waals surface area contributed by atoms with Gasteiger partial charge in [0.15, 0.2) is 0 Å². The molecule has 1 fully saturated rings. The van der Waals surface area contributed by atoms with Crippen molar-refractivity contribution < 1.29 is 9.53 Å². The fourth-order valence-electron chi connectivity index (χ4n) is 2.93. The minimum absolute atomic E-state index is 0.0947. The predicted molar refractivity (Wildman–Crippen MR) is 75.7 cm³/mol. The van der Waals surface area contributed by atoms with E-state index in [0.29, 0.717) is 12.0 Å². The molecule has 0 N–H and O–H groups in total. The zero-order valence-electron chi connectivity index (χ0n) is 12.2. The molecule has 1 aromatic rings. The summed E-state index contributed by atoms with van der Waals surface area (Å²) in [5, 5.41) is 0. The Kier molecular flexibility index (Phi) is 3.95. The van der Waals surface area contributed by atoms with Gasteiger partial charge in [-0.05, 0) is 25.3 Å². The molecule has 0 unspecified atom stereocenters. The lowest BCUT2D eigenvalue weighted by molar-refractivity contribution is -0.153. The van der Waals surface area contributed by atoms with Crippen molar-refractivity contribution in [3.05, 3.63) is 35.9 Å². The van der Waals surface area contributed by atoms with Crippen LogP contribution in [0.15, 0.2) is 30.3 Å². The maximum absolute atomic E-state index is 12.0. The zero-order valence-corrected chi connectivity index (χ0v) is 12.2. The molecule has 0 radical (unpaired) electrons. The number of esters is 1. The van der Waals surface area contributed by atoms with Crippen molar-refractivity contribution in [3.8, 4) is 0 Å². The summed E-state index contributed by atoms with van der Waals surface area (Å²) in [5.74, 6) is 0.217.